The first kappa shape index (κ1) is 14.5. The molecule has 0 unspecified atom stereocenters. The van der Waals surface area contributed by atoms with Crippen molar-refractivity contribution in [3.05, 3.63) is 63.6 Å². The number of amides is 1. The van der Waals surface area contributed by atoms with E-state index in [0.29, 0.717) is 0 Å². The largest absolute Gasteiger partial charge is 0.317 e. The molecule has 7 heteroatoms. The number of hydrogen-bond acceptors (Lipinski definition) is 1. The molecule has 0 atom stereocenters. The Morgan fingerprint density at radius 1 is 1.00 bits per heavy atom. The lowest BCUT2D eigenvalue weighted by Crippen LogP contribution is -2.16. The summed E-state index contributed by atoms with van der Waals surface area (Å²) < 4.78 is 53.5. The van der Waals surface area contributed by atoms with Crippen molar-refractivity contribution in [2.24, 2.45) is 0 Å². The topological polar surface area (TPSA) is 29.1 Å². The van der Waals surface area contributed by atoms with E-state index in [1.807, 2.05) is 5.32 Å². The smallest absolute Gasteiger partial charge is 0.258 e. The van der Waals surface area contributed by atoms with Gasteiger partial charge in [0.05, 0.1) is 5.56 Å². The molecule has 2 aromatic rings. The number of carbonyl (C=O) groups is 1. The van der Waals surface area contributed by atoms with Crippen molar-refractivity contribution in [1.29, 1.82) is 0 Å². The minimum absolute atomic E-state index is 0.141. The van der Waals surface area contributed by atoms with Gasteiger partial charge in [-0.05, 0) is 24.3 Å². The molecule has 2 nitrogen and oxygen atoms in total. The number of nitrogens with one attached hydrogen (secondary N) is 1. The van der Waals surface area contributed by atoms with Gasteiger partial charge in [-0.15, -0.1) is 0 Å². The molecule has 104 valence electrons. The summed E-state index contributed by atoms with van der Waals surface area (Å²) >= 11 is 2.88. The van der Waals surface area contributed by atoms with Gasteiger partial charge >= 0.3 is 0 Å². The van der Waals surface area contributed by atoms with E-state index in [9.17, 15) is 22.4 Å². The fourth-order valence-corrected chi connectivity index (χ4v) is 1.92. The molecule has 0 heterocycles. The zero-order chi connectivity index (χ0) is 14.9. The Hall–Kier alpha value is -1.89. The van der Waals surface area contributed by atoms with Gasteiger partial charge in [-0.1, -0.05) is 22.0 Å². The molecule has 1 amide bonds. The summed E-state index contributed by atoms with van der Waals surface area (Å²) in [6.07, 6.45) is 0. The van der Waals surface area contributed by atoms with Crippen molar-refractivity contribution in [3.8, 4) is 0 Å². The molecule has 2 rings (SSSR count). The van der Waals surface area contributed by atoms with Gasteiger partial charge in [0.15, 0.2) is 23.3 Å². The highest BCUT2D eigenvalue weighted by Gasteiger charge is 2.19. The van der Waals surface area contributed by atoms with Gasteiger partial charge in [0.25, 0.3) is 5.91 Å². The third-order valence-corrected chi connectivity index (χ3v) is 2.90. The summed E-state index contributed by atoms with van der Waals surface area (Å²) in [6, 6.07) is 4.80. The normalized spacial score (nSPS) is 10.4. The standard InChI is InChI=1S/C13H6BrF4NO/c14-6-4-9(16)12(10(17)5-6)19-13(20)7-2-1-3-8(15)11(7)18/h1-5H,(H,19,20). The molecule has 0 aliphatic rings. The van der Waals surface area contributed by atoms with Crippen LogP contribution >= 0.6 is 15.9 Å². The molecule has 0 aliphatic carbocycles. The van der Waals surface area contributed by atoms with Crippen LogP contribution in [0.3, 0.4) is 0 Å². The molecular formula is C13H6BrF4NO. The molecule has 2 aromatic carbocycles. The highest BCUT2D eigenvalue weighted by atomic mass is 79.9. The molecule has 0 radical (unpaired) electrons. The van der Waals surface area contributed by atoms with Crippen LogP contribution in [-0.4, -0.2) is 5.91 Å². The first-order valence-electron chi connectivity index (χ1n) is 5.30. The average molecular weight is 348 g/mol. The second-order valence-electron chi connectivity index (χ2n) is 3.80. The Labute approximate surface area is 119 Å². The zero-order valence-corrected chi connectivity index (χ0v) is 11.3. The maximum atomic E-state index is 13.5. The number of benzene rings is 2. The maximum Gasteiger partial charge on any atom is 0.258 e. The Morgan fingerprint density at radius 3 is 2.20 bits per heavy atom. The van der Waals surface area contributed by atoms with E-state index in [-0.39, 0.29) is 4.47 Å². The number of carbonyl (C=O) groups excluding carboxylic acids is 1. The van der Waals surface area contributed by atoms with Gasteiger partial charge in [-0.3, -0.25) is 4.79 Å². The molecule has 1 N–H and O–H groups in total. The summed E-state index contributed by atoms with van der Waals surface area (Å²) in [4.78, 5) is 11.7. The highest BCUT2D eigenvalue weighted by molar-refractivity contribution is 9.10. The summed E-state index contributed by atoms with van der Waals surface area (Å²) in [5, 5.41) is 1.87. The minimum atomic E-state index is -1.39. The Kier molecular flexibility index (Phi) is 4.08. The molecular weight excluding hydrogens is 342 g/mol. The van der Waals surface area contributed by atoms with Crippen LogP contribution in [0.2, 0.25) is 0 Å². The second kappa shape index (κ2) is 5.62. The SMILES string of the molecule is O=C(Nc1c(F)cc(Br)cc1F)c1cccc(F)c1F. The van der Waals surface area contributed by atoms with Crippen LogP contribution in [0.5, 0.6) is 0 Å². The lowest BCUT2D eigenvalue weighted by molar-refractivity contribution is 0.102. The number of hydrogen-bond donors (Lipinski definition) is 1. The second-order valence-corrected chi connectivity index (χ2v) is 4.72. The quantitative estimate of drug-likeness (QED) is 0.808. The van der Waals surface area contributed by atoms with E-state index >= 15 is 0 Å². The van der Waals surface area contributed by atoms with Crippen LogP contribution < -0.4 is 5.32 Å². The first-order valence-corrected chi connectivity index (χ1v) is 6.09. The molecule has 0 saturated carbocycles. The Morgan fingerprint density at radius 2 is 1.60 bits per heavy atom. The third kappa shape index (κ3) is 2.82. The first-order chi connectivity index (χ1) is 9.40. The zero-order valence-electron chi connectivity index (χ0n) is 9.68. The molecule has 0 spiro atoms. The number of anilines is 1. The van der Waals surface area contributed by atoms with Crippen LogP contribution in [0.1, 0.15) is 10.4 Å². The van der Waals surface area contributed by atoms with Crippen LogP contribution in [0, 0.1) is 23.3 Å². The fraction of sp³-hybridized carbons (Fsp3) is 0. The Bertz CT molecular complexity index is 667. The molecule has 20 heavy (non-hydrogen) atoms. The van der Waals surface area contributed by atoms with Gasteiger partial charge in [0.1, 0.15) is 5.69 Å². The van der Waals surface area contributed by atoms with E-state index in [4.69, 9.17) is 0 Å². The lowest BCUT2D eigenvalue weighted by Gasteiger charge is -2.09. The van der Waals surface area contributed by atoms with E-state index in [1.165, 1.54) is 0 Å². The van der Waals surface area contributed by atoms with E-state index in [0.717, 1.165) is 30.3 Å². The predicted molar refractivity (Wildman–Crippen MR) is 68.4 cm³/mol. The van der Waals surface area contributed by atoms with Crippen molar-refractivity contribution >= 4 is 27.5 Å². The Balaban J connectivity index is 2.36. The molecule has 0 bridgehead atoms. The molecule has 0 aliphatic heterocycles. The van der Waals surface area contributed by atoms with E-state index in [2.05, 4.69) is 15.9 Å². The van der Waals surface area contributed by atoms with Gasteiger partial charge in [-0.25, -0.2) is 17.6 Å². The minimum Gasteiger partial charge on any atom is -0.317 e. The highest BCUT2D eigenvalue weighted by Crippen LogP contribution is 2.24. The summed E-state index contributed by atoms with van der Waals surface area (Å²) in [5.74, 6) is -5.84. The fourth-order valence-electron chi connectivity index (χ4n) is 1.52. The van der Waals surface area contributed by atoms with Crippen LogP contribution in [0.15, 0.2) is 34.8 Å². The molecule has 0 saturated heterocycles. The molecule has 0 aromatic heterocycles. The van der Waals surface area contributed by atoms with Crippen molar-refractivity contribution in [2.45, 2.75) is 0 Å². The third-order valence-electron chi connectivity index (χ3n) is 2.44. The average Bonchev–Trinajstić information content (AvgIpc) is 2.36. The lowest BCUT2D eigenvalue weighted by atomic mass is 10.2. The van der Waals surface area contributed by atoms with Crippen molar-refractivity contribution in [3.63, 3.8) is 0 Å². The van der Waals surface area contributed by atoms with Crippen molar-refractivity contribution in [2.75, 3.05) is 5.32 Å². The van der Waals surface area contributed by atoms with Crippen LogP contribution in [0.4, 0.5) is 23.2 Å². The van der Waals surface area contributed by atoms with E-state index < -0.39 is 40.4 Å². The van der Waals surface area contributed by atoms with Crippen LogP contribution in [-0.2, 0) is 0 Å². The number of halogens is 5. The van der Waals surface area contributed by atoms with Crippen molar-refractivity contribution in [1.82, 2.24) is 0 Å². The van der Waals surface area contributed by atoms with Gasteiger partial charge in [0, 0.05) is 4.47 Å². The number of rotatable bonds is 2. The summed E-state index contributed by atoms with van der Waals surface area (Å²) in [5.41, 5.74) is -1.38. The van der Waals surface area contributed by atoms with E-state index in [1.54, 1.807) is 0 Å². The van der Waals surface area contributed by atoms with Gasteiger partial charge in [-0.2, -0.15) is 0 Å². The predicted octanol–water partition coefficient (Wildman–Crippen LogP) is 4.26. The molecule has 0 fully saturated rings. The van der Waals surface area contributed by atoms with Gasteiger partial charge < -0.3 is 5.32 Å². The summed E-state index contributed by atoms with van der Waals surface area (Å²) in [7, 11) is 0. The maximum absolute atomic E-state index is 13.5. The van der Waals surface area contributed by atoms with Crippen LogP contribution in [0.25, 0.3) is 0 Å². The van der Waals surface area contributed by atoms with Crippen molar-refractivity contribution < 1.29 is 22.4 Å². The summed E-state index contributed by atoms with van der Waals surface area (Å²) in [6.45, 7) is 0. The van der Waals surface area contributed by atoms with Gasteiger partial charge in [0.2, 0.25) is 0 Å². The monoisotopic (exact) mass is 347 g/mol.